The number of carbonyl (C=O) groups is 1. The van der Waals surface area contributed by atoms with Gasteiger partial charge in [-0.3, -0.25) is 4.79 Å². The number of aromatic nitrogens is 3. The molecule has 0 unspecified atom stereocenters. The molecule has 3 aromatic rings. The fraction of sp³-hybridized carbons (Fsp3) is 0.188. The minimum atomic E-state index is -0.907. The number of carbonyl (C=O) groups excluding carboxylic acids is 1. The van der Waals surface area contributed by atoms with Gasteiger partial charge in [-0.25, -0.2) is 4.98 Å². The molecule has 0 aliphatic carbocycles. The number of thiazole rings is 1. The molecule has 0 bridgehead atoms. The van der Waals surface area contributed by atoms with E-state index in [1.165, 1.54) is 11.3 Å². The maximum atomic E-state index is 12.7. The van der Waals surface area contributed by atoms with Crippen molar-refractivity contribution >= 4 is 17.1 Å². The Bertz CT molecular complexity index is 907. The van der Waals surface area contributed by atoms with E-state index in [4.69, 9.17) is 4.52 Å². The molecule has 0 radical (unpaired) electrons. The summed E-state index contributed by atoms with van der Waals surface area (Å²) in [7, 11) is 0. The van der Waals surface area contributed by atoms with Gasteiger partial charge in [-0.15, -0.1) is 11.3 Å². The van der Waals surface area contributed by atoms with Gasteiger partial charge in [0, 0.05) is 29.1 Å². The van der Waals surface area contributed by atoms with E-state index in [9.17, 15) is 10.1 Å². The van der Waals surface area contributed by atoms with Crippen LogP contribution in [0.25, 0.3) is 11.4 Å². The number of hydrogen-bond donors (Lipinski definition) is 0. The van der Waals surface area contributed by atoms with Crippen molar-refractivity contribution in [3.8, 4) is 17.5 Å². The minimum absolute atomic E-state index is 0.288. The van der Waals surface area contributed by atoms with Crippen molar-refractivity contribution in [2.75, 3.05) is 0 Å². The van der Waals surface area contributed by atoms with Gasteiger partial charge in [0.1, 0.15) is 5.01 Å². The monoisotopic (exact) mass is 324 g/mol. The summed E-state index contributed by atoms with van der Waals surface area (Å²) in [4.78, 5) is 21.0. The molecular weight excluding hydrogens is 312 g/mol. The maximum absolute atomic E-state index is 12.7. The van der Waals surface area contributed by atoms with Crippen LogP contribution in [0.2, 0.25) is 0 Å². The van der Waals surface area contributed by atoms with E-state index in [0.29, 0.717) is 27.8 Å². The van der Waals surface area contributed by atoms with Crippen molar-refractivity contribution in [2.45, 2.75) is 19.8 Å². The van der Waals surface area contributed by atoms with Crippen LogP contribution >= 0.6 is 11.3 Å². The quantitative estimate of drug-likeness (QED) is 0.684. The summed E-state index contributed by atoms with van der Waals surface area (Å²) in [6.07, 6.45) is 0. The number of hydrogen-bond acceptors (Lipinski definition) is 7. The third-order valence-corrected chi connectivity index (χ3v) is 4.24. The summed E-state index contributed by atoms with van der Waals surface area (Å²) < 4.78 is 4.95. The van der Waals surface area contributed by atoms with Crippen molar-refractivity contribution in [2.24, 2.45) is 0 Å². The molecule has 0 amide bonds. The van der Waals surface area contributed by atoms with E-state index in [1.807, 2.05) is 18.4 Å². The van der Waals surface area contributed by atoms with E-state index in [0.717, 1.165) is 5.69 Å². The topological polar surface area (TPSA) is 92.7 Å². The zero-order valence-electron chi connectivity index (χ0n) is 12.5. The van der Waals surface area contributed by atoms with Crippen LogP contribution in [0.5, 0.6) is 0 Å². The first-order valence-corrected chi connectivity index (χ1v) is 7.73. The molecule has 0 saturated carbocycles. The number of benzene rings is 1. The van der Waals surface area contributed by atoms with Crippen LogP contribution in [0, 0.1) is 25.2 Å². The molecule has 6 nitrogen and oxygen atoms in total. The summed E-state index contributed by atoms with van der Waals surface area (Å²) in [6.45, 7) is 3.53. The van der Waals surface area contributed by atoms with Gasteiger partial charge < -0.3 is 4.52 Å². The highest BCUT2D eigenvalue weighted by atomic mass is 32.1. The maximum Gasteiger partial charge on any atom is 0.223 e. The predicted molar refractivity (Wildman–Crippen MR) is 84.0 cm³/mol. The zero-order valence-corrected chi connectivity index (χ0v) is 13.3. The molecule has 23 heavy (non-hydrogen) atoms. The zero-order chi connectivity index (χ0) is 16.4. The molecule has 1 atom stereocenters. The van der Waals surface area contributed by atoms with E-state index in [1.54, 1.807) is 31.2 Å². The molecule has 0 N–H and O–H groups in total. The lowest BCUT2D eigenvalue weighted by atomic mass is 9.97. The first-order valence-electron chi connectivity index (χ1n) is 6.85. The van der Waals surface area contributed by atoms with E-state index < -0.39 is 5.92 Å². The number of nitrogens with zero attached hydrogens (tertiary/aromatic N) is 4. The third-order valence-electron chi connectivity index (χ3n) is 3.21. The molecule has 0 aliphatic heterocycles. The van der Waals surface area contributed by atoms with E-state index in [-0.39, 0.29) is 5.78 Å². The van der Waals surface area contributed by atoms with Gasteiger partial charge in [-0.1, -0.05) is 23.4 Å². The van der Waals surface area contributed by atoms with Crippen LogP contribution in [0.3, 0.4) is 0 Å². The molecule has 2 heterocycles. The smallest absolute Gasteiger partial charge is 0.223 e. The molecule has 0 fully saturated rings. The molecule has 0 saturated heterocycles. The van der Waals surface area contributed by atoms with Crippen molar-refractivity contribution in [1.82, 2.24) is 15.1 Å². The van der Waals surface area contributed by atoms with E-state index >= 15 is 0 Å². The van der Waals surface area contributed by atoms with Crippen molar-refractivity contribution in [3.05, 3.63) is 51.8 Å². The second-order valence-electron chi connectivity index (χ2n) is 4.97. The van der Waals surface area contributed by atoms with Gasteiger partial charge >= 0.3 is 0 Å². The standard InChI is InChI=1S/C16H12N4O2S/c1-9-8-23-16(18-9)13(7-17)14(21)11-4-3-5-12(6-11)15-19-10(2)22-20-15/h3-6,8,13H,1-2H3/t13-/m1/s1. The highest BCUT2D eigenvalue weighted by molar-refractivity contribution is 7.10. The van der Waals surface area contributed by atoms with Gasteiger partial charge in [-0.05, 0) is 13.0 Å². The molecule has 7 heteroatoms. The molecule has 0 aliphatic rings. The van der Waals surface area contributed by atoms with Crippen LogP contribution in [0.15, 0.2) is 34.2 Å². The Morgan fingerprint density at radius 3 is 2.78 bits per heavy atom. The normalized spacial score (nSPS) is 11.9. The number of Topliss-reactive ketones (excluding diaryl/α,β-unsaturated/α-hetero) is 1. The summed E-state index contributed by atoms with van der Waals surface area (Å²) in [5.41, 5.74) is 1.89. The van der Waals surface area contributed by atoms with Gasteiger partial charge in [-0.2, -0.15) is 10.2 Å². The number of aryl methyl sites for hydroxylation is 2. The Hall–Kier alpha value is -2.85. The first kappa shape index (κ1) is 15.1. The Morgan fingerprint density at radius 2 is 2.17 bits per heavy atom. The van der Waals surface area contributed by atoms with Crippen molar-refractivity contribution < 1.29 is 9.32 Å². The largest absolute Gasteiger partial charge is 0.339 e. The summed E-state index contributed by atoms with van der Waals surface area (Å²) in [5.74, 6) is -0.333. The van der Waals surface area contributed by atoms with Crippen LogP contribution in [0.4, 0.5) is 0 Å². The molecular formula is C16H12N4O2S. The first-order chi connectivity index (χ1) is 11.1. The van der Waals surface area contributed by atoms with Gasteiger partial charge in [0.05, 0.1) is 6.07 Å². The SMILES string of the molecule is Cc1csc([C@H](C#N)C(=O)c2cccc(-c3noc(C)n3)c2)n1. The fourth-order valence-corrected chi connectivity index (χ4v) is 2.96. The predicted octanol–water partition coefficient (Wildman–Crippen LogP) is 3.30. The van der Waals surface area contributed by atoms with Gasteiger partial charge in [0.15, 0.2) is 11.7 Å². The minimum Gasteiger partial charge on any atom is -0.339 e. The Kier molecular flexibility index (Phi) is 4.00. The van der Waals surface area contributed by atoms with Crippen LogP contribution in [-0.2, 0) is 0 Å². The number of rotatable bonds is 4. The van der Waals surface area contributed by atoms with Crippen molar-refractivity contribution in [1.29, 1.82) is 5.26 Å². The lowest BCUT2D eigenvalue weighted by Crippen LogP contribution is -2.11. The number of ketones is 1. The Labute approximate surface area is 136 Å². The van der Waals surface area contributed by atoms with Gasteiger partial charge in [0.2, 0.25) is 11.7 Å². The fourth-order valence-electron chi connectivity index (χ4n) is 2.13. The van der Waals surface area contributed by atoms with Crippen LogP contribution in [0.1, 0.15) is 32.9 Å². The molecule has 0 spiro atoms. The average molecular weight is 324 g/mol. The molecule has 1 aromatic carbocycles. The van der Waals surface area contributed by atoms with Crippen LogP contribution < -0.4 is 0 Å². The van der Waals surface area contributed by atoms with Crippen LogP contribution in [-0.4, -0.2) is 20.9 Å². The van der Waals surface area contributed by atoms with E-state index in [2.05, 4.69) is 15.1 Å². The average Bonchev–Trinajstić information content (AvgIpc) is 3.17. The Balaban J connectivity index is 1.95. The highest BCUT2D eigenvalue weighted by Crippen LogP contribution is 2.25. The molecule has 3 rings (SSSR count). The molecule has 114 valence electrons. The lowest BCUT2D eigenvalue weighted by molar-refractivity contribution is 0.0979. The summed E-state index contributed by atoms with van der Waals surface area (Å²) in [6, 6.07) is 8.90. The molecule has 2 aromatic heterocycles. The Morgan fingerprint density at radius 1 is 1.35 bits per heavy atom. The lowest BCUT2D eigenvalue weighted by Gasteiger charge is -2.06. The second-order valence-corrected chi connectivity index (χ2v) is 5.86. The van der Waals surface area contributed by atoms with Crippen molar-refractivity contribution in [3.63, 3.8) is 0 Å². The summed E-state index contributed by atoms with van der Waals surface area (Å²) >= 11 is 1.32. The second kappa shape index (κ2) is 6.10. The third kappa shape index (κ3) is 3.03. The highest BCUT2D eigenvalue weighted by Gasteiger charge is 2.25. The van der Waals surface area contributed by atoms with Gasteiger partial charge in [0.25, 0.3) is 0 Å². The number of nitriles is 1. The summed E-state index contributed by atoms with van der Waals surface area (Å²) in [5, 5.41) is 15.5.